The van der Waals surface area contributed by atoms with E-state index in [1.54, 1.807) is 18.2 Å². The first-order chi connectivity index (χ1) is 12.4. The molecule has 3 rings (SSSR count). The third-order valence-electron chi connectivity index (χ3n) is 4.81. The summed E-state index contributed by atoms with van der Waals surface area (Å²) < 4.78 is 28.7. The van der Waals surface area contributed by atoms with E-state index >= 15 is 0 Å². The molecule has 8 heteroatoms. The van der Waals surface area contributed by atoms with Gasteiger partial charge in [0, 0.05) is 39.0 Å². The number of carbonyl (C=O) groups excluding carboxylic acids is 1. The number of sulfonamides is 1. The van der Waals surface area contributed by atoms with Gasteiger partial charge in [-0.05, 0) is 31.0 Å². The lowest BCUT2D eigenvalue weighted by molar-refractivity contribution is -0.121. The third-order valence-corrected chi connectivity index (χ3v) is 6.85. The van der Waals surface area contributed by atoms with Crippen LogP contribution >= 0.6 is 0 Å². The van der Waals surface area contributed by atoms with Crippen molar-refractivity contribution in [3.05, 3.63) is 24.0 Å². The summed E-state index contributed by atoms with van der Waals surface area (Å²) in [6.07, 6.45) is 3.06. The maximum Gasteiger partial charge on any atom is 0.243 e. The summed E-state index contributed by atoms with van der Waals surface area (Å²) in [5.74, 6) is 0.827. The van der Waals surface area contributed by atoms with Crippen LogP contribution < -0.4 is 5.32 Å². The second kappa shape index (κ2) is 7.36. The van der Waals surface area contributed by atoms with E-state index in [0.717, 1.165) is 24.2 Å². The van der Waals surface area contributed by atoms with Crippen LogP contribution in [0.15, 0.2) is 23.1 Å². The number of aryl methyl sites for hydroxylation is 2. The molecule has 0 unspecified atom stereocenters. The van der Waals surface area contributed by atoms with Crippen molar-refractivity contribution in [2.75, 3.05) is 13.1 Å². The van der Waals surface area contributed by atoms with Crippen LogP contribution in [-0.2, 0) is 28.3 Å². The van der Waals surface area contributed by atoms with E-state index in [4.69, 9.17) is 0 Å². The molecule has 0 spiro atoms. The van der Waals surface area contributed by atoms with Gasteiger partial charge >= 0.3 is 0 Å². The largest absolute Gasteiger partial charge is 0.353 e. The van der Waals surface area contributed by atoms with Gasteiger partial charge in [-0.3, -0.25) is 4.79 Å². The zero-order chi connectivity index (χ0) is 18.9. The molecule has 1 aromatic heterocycles. The summed E-state index contributed by atoms with van der Waals surface area (Å²) in [7, 11) is -1.62. The molecule has 1 fully saturated rings. The second-order valence-corrected chi connectivity index (χ2v) is 8.61. The zero-order valence-corrected chi connectivity index (χ0v) is 16.3. The van der Waals surface area contributed by atoms with Crippen LogP contribution in [0.1, 0.15) is 38.9 Å². The quantitative estimate of drug-likeness (QED) is 0.759. The average Bonchev–Trinajstić information content (AvgIpc) is 3.36. The van der Waals surface area contributed by atoms with Gasteiger partial charge in [-0.1, -0.05) is 13.8 Å². The maximum atomic E-state index is 12.7. The van der Waals surface area contributed by atoms with Crippen LogP contribution in [0.5, 0.6) is 0 Å². The SMILES string of the molecule is CCN(CC)S(=O)(=O)c1ccc2c(c1)nc(CCC(=O)NC1CC1)n2C. The van der Waals surface area contributed by atoms with Crippen LogP contribution in [0.4, 0.5) is 0 Å². The van der Waals surface area contributed by atoms with Crippen molar-refractivity contribution >= 4 is 27.0 Å². The Kier molecular flexibility index (Phi) is 5.34. The normalized spacial score (nSPS) is 14.9. The summed E-state index contributed by atoms with van der Waals surface area (Å²) >= 11 is 0. The lowest BCUT2D eigenvalue weighted by Crippen LogP contribution is -2.30. The first kappa shape index (κ1) is 18.8. The minimum atomic E-state index is -3.51. The average molecular weight is 378 g/mol. The Morgan fingerprint density at radius 2 is 2.00 bits per heavy atom. The molecular weight excluding hydrogens is 352 g/mol. The number of rotatable bonds is 8. The number of carbonyl (C=O) groups is 1. The number of imidazole rings is 1. The fourth-order valence-corrected chi connectivity index (χ4v) is 4.56. The first-order valence-electron chi connectivity index (χ1n) is 9.11. The van der Waals surface area contributed by atoms with Gasteiger partial charge in [0.25, 0.3) is 0 Å². The number of fused-ring (bicyclic) bond motifs is 1. The molecule has 142 valence electrons. The minimum Gasteiger partial charge on any atom is -0.353 e. The Morgan fingerprint density at radius 3 is 2.62 bits per heavy atom. The van der Waals surface area contributed by atoms with Gasteiger partial charge in [0.15, 0.2) is 0 Å². The Hall–Kier alpha value is -1.93. The van der Waals surface area contributed by atoms with E-state index < -0.39 is 10.0 Å². The lowest BCUT2D eigenvalue weighted by Gasteiger charge is -2.18. The monoisotopic (exact) mass is 378 g/mol. The molecule has 1 saturated carbocycles. The van der Waals surface area contributed by atoms with Gasteiger partial charge in [0.05, 0.1) is 15.9 Å². The molecule has 1 aliphatic carbocycles. The van der Waals surface area contributed by atoms with E-state index in [9.17, 15) is 13.2 Å². The predicted molar refractivity (Wildman–Crippen MR) is 100 cm³/mol. The maximum absolute atomic E-state index is 12.7. The standard InChI is InChI=1S/C18H26N4O3S/c1-4-22(5-2)26(24,25)14-8-9-16-15(12-14)20-17(21(16)3)10-11-18(23)19-13-6-7-13/h8-9,12-13H,4-7,10-11H2,1-3H3,(H,19,23). The molecule has 7 nitrogen and oxygen atoms in total. The molecular formula is C18H26N4O3S. The first-order valence-corrected chi connectivity index (χ1v) is 10.6. The topological polar surface area (TPSA) is 84.3 Å². The molecule has 0 atom stereocenters. The van der Waals surface area contributed by atoms with Gasteiger partial charge < -0.3 is 9.88 Å². The molecule has 1 N–H and O–H groups in total. The molecule has 26 heavy (non-hydrogen) atoms. The Labute approximate surface area is 154 Å². The van der Waals surface area contributed by atoms with Gasteiger partial charge in [-0.25, -0.2) is 13.4 Å². The molecule has 1 aliphatic rings. The van der Waals surface area contributed by atoms with Crippen molar-refractivity contribution in [2.24, 2.45) is 7.05 Å². The molecule has 0 aliphatic heterocycles. The van der Waals surface area contributed by atoms with Crippen molar-refractivity contribution in [3.63, 3.8) is 0 Å². The van der Waals surface area contributed by atoms with Gasteiger partial charge in [-0.15, -0.1) is 0 Å². The number of hydrogen-bond acceptors (Lipinski definition) is 4. The molecule has 1 heterocycles. The fraction of sp³-hybridized carbons (Fsp3) is 0.556. The van der Waals surface area contributed by atoms with Crippen LogP contribution in [0.25, 0.3) is 11.0 Å². The van der Waals surface area contributed by atoms with Crippen LogP contribution in [0, 0.1) is 0 Å². The Bertz CT molecular complexity index is 912. The molecule has 0 radical (unpaired) electrons. The van der Waals surface area contributed by atoms with Gasteiger partial charge in [0.1, 0.15) is 5.82 Å². The molecule has 1 aromatic carbocycles. The Morgan fingerprint density at radius 1 is 1.31 bits per heavy atom. The minimum absolute atomic E-state index is 0.0457. The number of hydrogen-bond donors (Lipinski definition) is 1. The van der Waals surface area contributed by atoms with E-state index in [-0.39, 0.29) is 10.8 Å². The smallest absolute Gasteiger partial charge is 0.243 e. The third kappa shape index (κ3) is 3.76. The van der Waals surface area contributed by atoms with Crippen LogP contribution in [-0.4, -0.2) is 47.3 Å². The Balaban J connectivity index is 1.82. The number of nitrogens with zero attached hydrogens (tertiary/aromatic N) is 3. The van der Waals surface area contributed by atoms with Crippen molar-refractivity contribution in [3.8, 4) is 0 Å². The number of amides is 1. The summed E-state index contributed by atoms with van der Waals surface area (Å²) in [6, 6.07) is 5.39. The number of nitrogens with one attached hydrogen (secondary N) is 1. The van der Waals surface area contributed by atoms with E-state index in [2.05, 4.69) is 10.3 Å². The predicted octanol–water partition coefficient (Wildman–Crippen LogP) is 1.81. The molecule has 0 saturated heterocycles. The fourth-order valence-electron chi connectivity index (χ4n) is 3.08. The molecule has 1 amide bonds. The lowest BCUT2D eigenvalue weighted by atomic mass is 10.3. The van der Waals surface area contributed by atoms with E-state index in [1.807, 2.05) is 25.5 Å². The van der Waals surface area contributed by atoms with Crippen molar-refractivity contribution in [1.82, 2.24) is 19.2 Å². The molecule has 0 bridgehead atoms. The molecule has 2 aromatic rings. The van der Waals surface area contributed by atoms with Gasteiger partial charge in [-0.2, -0.15) is 4.31 Å². The summed E-state index contributed by atoms with van der Waals surface area (Å²) in [5, 5.41) is 2.97. The summed E-state index contributed by atoms with van der Waals surface area (Å²) in [5.41, 5.74) is 1.50. The van der Waals surface area contributed by atoms with Crippen LogP contribution in [0.3, 0.4) is 0 Å². The number of benzene rings is 1. The highest BCUT2D eigenvalue weighted by Crippen LogP contribution is 2.23. The number of aromatic nitrogens is 2. The summed E-state index contributed by atoms with van der Waals surface area (Å²) in [6.45, 7) is 4.51. The van der Waals surface area contributed by atoms with Gasteiger partial charge in [0.2, 0.25) is 15.9 Å². The second-order valence-electron chi connectivity index (χ2n) is 6.67. The van der Waals surface area contributed by atoms with Crippen molar-refractivity contribution < 1.29 is 13.2 Å². The summed E-state index contributed by atoms with van der Waals surface area (Å²) in [4.78, 5) is 16.7. The van der Waals surface area contributed by atoms with E-state index in [1.165, 1.54) is 4.31 Å². The highest BCUT2D eigenvalue weighted by Gasteiger charge is 2.24. The highest BCUT2D eigenvalue weighted by molar-refractivity contribution is 7.89. The zero-order valence-electron chi connectivity index (χ0n) is 15.5. The highest BCUT2D eigenvalue weighted by atomic mass is 32.2. The van der Waals surface area contributed by atoms with Crippen molar-refractivity contribution in [1.29, 1.82) is 0 Å². The van der Waals surface area contributed by atoms with Crippen LogP contribution in [0.2, 0.25) is 0 Å². The van der Waals surface area contributed by atoms with Crippen molar-refractivity contribution in [2.45, 2.75) is 50.5 Å². The van der Waals surface area contributed by atoms with E-state index in [0.29, 0.717) is 37.5 Å².